The van der Waals surface area contributed by atoms with Gasteiger partial charge in [-0.05, 0) is 32.4 Å². The van der Waals surface area contributed by atoms with Crippen molar-refractivity contribution in [3.05, 3.63) is 48.6 Å². The number of hydrogen-bond acceptors (Lipinski definition) is 3. The van der Waals surface area contributed by atoms with E-state index in [-0.39, 0.29) is 0 Å². The Labute approximate surface area is 119 Å². The molecule has 0 fully saturated rings. The van der Waals surface area contributed by atoms with E-state index in [2.05, 4.69) is 11.9 Å². The molecule has 0 aliphatic carbocycles. The van der Waals surface area contributed by atoms with Gasteiger partial charge < -0.3 is 10.1 Å². The fourth-order valence-electron chi connectivity index (χ4n) is 1.65. The Bertz CT molecular complexity index is 474. The van der Waals surface area contributed by atoms with Gasteiger partial charge in [0.15, 0.2) is 0 Å². The van der Waals surface area contributed by atoms with Crippen LogP contribution in [0.15, 0.2) is 43.0 Å². The van der Waals surface area contributed by atoms with Crippen LogP contribution in [0.5, 0.6) is 0 Å². The molecule has 1 aromatic rings. The predicted molar refractivity (Wildman–Crippen MR) is 78.1 cm³/mol. The third kappa shape index (κ3) is 5.69. The largest absolute Gasteiger partial charge is 0.458 e. The number of carbonyl (C=O) groups excluding carboxylic acids is 2. The molecule has 0 saturated heterocycles. The summed E-state index contributed by atoms with van der Waals surface area (Å²) >= 11 is 0. The summed E-state index contributed by atoms with van der Waals surface area (Å²) in [6.07, 6.45) is 1.53. The Morgan fingerprint density at radius 1 is 1.30 bits per heavy atom. The van der Waals surface area contributed by atoms with Gasteiger partial charge in [0.05, 0.1) is 0 Å². The zero-order valence-electron chi connectivity index (χ0n) is 12.2. The van der Waals surface area contributed by atoms with E-state index >= 15 is 0 Å². The minimum atomic E-state index is -0.720. The lowest BCUT2D eigenvalue weighted by Crippen LogP contribution is -2.45. The number of ether oxygens (including phenoxy) is 1. The van der Waals surface area contributed by atoms with E-state index < -0.39 is 23.5 Å². The van der Waals surface area contributed by atoms with Crippen LogP contribution in [0, 0.1) is 0 Å². The summed E-state index contributed by atoms with van der Waals surface area (Å²) in [5, 5.41) is 2.61. The van der Waals surface area contributed by atoms with E-state index in [1.54, 1.807) is 20.8 Å². The van der Waals surface area contributed by atoms with Crippen LogP contribution in [-0.2, 0) is 20.7 Å². The monoisotopic (exact) mass is 275 g/mol. The molecule has 1 rings (SSSR count). The standard InChI is InChI=1S/C16H21NO3/c1-5-14(18)17-13(15(19)20-16(2,3)4)11-12-9-7-6-8-10-12/h5-10,13H,1,11H2,2-4H3,(H,17,18). The third-order valence-corrected chi connectivity index (χ3v) is 2.48. The quantitative estimate of drug-likeness (QED) is 0.662. The molecular formula is C16H21NO3. The highest BCUT2D eigenvalue weighted by molar-refractivity contribution is 5.91. The highest BCUT2D eigenvalue weighted by Gasteiger charge is 2.26. The summed E-state index contributed by atoms with van der Waals surface area (Å²) in [6.45, 7) is 8.76. The van der Waals surface area contributed by atoms with Crippen molar-refractivity contribution in [3.8, 4) is 0 Å². The van der Waals surface area contributed by atoms with Gasteiger partial charge in [-0.3, -0.25) is 4.79 Å². The molecule has 1 unspecified atom stereocenters. The summed E-state index contributed by atoms with van der Waals surface area (Å²) in [4.78, 5) is 23.6. The molecule has 0 heterocycles. The van der Waals surface area contributed by atoms with Crippen LogP contribution in [0.3, 0.4) is 0 Å². The lowest BCUT2D eigenvalue weighted by Gasteiger charge is -2.24. The van der Waals surface area contributed by atoms with Crippen molar-refractivity contribution in [3.63, 3.8) is 0 Å². The van der Waals surface area contributed by atoms with Crippen molar-refractivity contribution < 1.29 is 14.3 Å². The Morgan fingerprint density at radius 3 is 2.40 bits per heavy atom. The lowest BCUT2D eigenvalue weighted by molar-refractivity contribution is -0.158. The maximum absolute atomic E-state index is 12.1. The number of benzene rings is 1. The van der Waals surface area contributed by atoms with Gasteiger partial charge in [-0.2, -0.15) is 0 Å². The average molecular weight is 275 g/mol. The minimum Gasteiger partial charge on any atom is -0.458 e. The predicted octanol–water partition coefficient (Wildman–Crippen LogP) is 2.24. The fraction of sp³-hybridized carbons (Fsp3) is 0.375. The number of hydrogen-bond donors (Lipinski definition) is 1. The van der Waals surface area contributed by atoms with Crippen LogP contribution >= 0.6 is 0 Å². The molecule has 1 amide bonds. The fourth-order valence-corrected chi connectivity index (χ4v) is 1.65. The smallest absolute Gasteiger partial charge is 0.329 e. The molecule has 20 heavy (non-hydrogen) atoms. The number of nitrogens with one attached hydrogen (secondary N) is 1. The first-order valence-electron chi connectivity index (χ1n) is 6.51. The lowest BCUT2D eigenvalue weighted by atomic mass is 10.1. The molecule has 108 valence electrons. The van der Waals surface area contributed by atoms with E-state index in [0.29, 0.717) is 6.42 Å². The number of carbonyl (C=O) groups is 2. The van der Waals surface area contributed by atoms with Crippen molar-refractivity contribution in [2.45, 2.75) is 38.8 Å². The molecule has 0 aliphatic rings. The number of amides is 1. The molecule has 0 bridgehead atoms. The molecule has 0 aliphatic heterocycles. The second kappa shape index (κ2) is 6.89. The Kier molecular flexibility index (Phi) is 5.50. The van der Waals surface area contributed by atoms with Gasteiger partial charge in [-0.15, -0.1) is 0 Å². The first-order valence-corrected chi connectivity index (χ1v) is 6.51. The molecule has 0 saturated carbocycles. The van der Waals surface area contributed by atoms with Gasteiger partial charge >= 0.3 is 5.97 Å². The van der Waals surface area contributed by atoms with Gasteiger partial charge in [0.1, 0.15) is 11.6 Å². The zero-order chi connectivity index (χ0) is 15.2. The Balaban J connectivity index is 2.82. The summed E-state index contributed by atoms with van der Waals surface area (Å²) < 4.78 is 5.33. The normalized spacial score (nSPS) is 12.3. The third-order valence-electron chi connectivity index (χ3n) is 2.48. The van der Waals surface area contributed by atoms with E-state index in [0.717, 1.165) is 11.6 Å². The van der Waals surface area contributed by atoms with Gasteiger partial charge in [0.2, 0.25) is 5.91 Å². The van der Waals surface area contributed by atoms with Crippen molar-refractivity contribution in [1.82, 2.24) is 5.32 Å². The molecule has 1 aromatic carbocycles. The molecule has 1 atom stereocenters. The SMILES string of the molecule is C=CC(=O)NC(Cc1ccccc1)C(=O)OC(C)(C)C. The van der Waals surface area contributed by atoms with Crippen molar-refractivity contribution in [1.29, 1.82) is 0 Å². The molecule has 1 N–H and O–H groups in total. The van der Waals surface area contributed by atoms with Gasteiger partial charge in [-0.1, -0.05) is 36.9 Å². The van der Waals surface area contributed by atoms with Gasteiger partial charge in [-0.25, -0.2) is 4.79 Å². The summed E-state index contributed by atoms with van der Waals surface area (Å²) in [5.41, 5.74) is 0.359. The van der Waals surface area contributed by atoms with Crippen molar-refractivity contribution in [2.75, 3.05) is 0 Å². The zero-order valence-corrected chi connectivity index (χ0v) is 12.2. The molecule has 0 spiro atoms. The minimum absolute atomic E-state index is 0.384. The maximum Gasteiger partial charge on any atom is 0.329 e. The van der Waals surface area contributed by atoms with Crippen LogP contribution in [0.4, 0.5) is 0 Å². The first-order chi connectivity index (χ1) is 9.31. The van der Waals surface area contributed by atoms with E-state index in [9.17, 15) is 9.59 Å². The average Bonchev–Trinajstić information content (AvgIpc) is 2.37. The molecule has 4 heteroatoms. The first kappa shape index (κ1) is 16.0. The second-order valence-corrected chi connectivity index (χ2v) is 5.49. The van der Waals surface area contributed by atoms with Crippen LogP contribution in [0.25, 0.3) is 0 Å². The molecule has 0 aromatic heterocycles. The summed E-state index contributed by atoms with van der Waals surface area (Å²) in [6, 6.07) is 8.75. The topological polar surface area (TPSA) is 55.4 Å². The van der Waals surface area contributed by atoms with Crippen LogP contribution in [0.2, 0.25) is 0 Å². The molecular weight excluding hydrogens is 254 g/mol. The van der Waals surface area contributed by atoms with E-state index in [4.69, 9.17) is 4.74 Å². The van der Waals surface area contributed by atoms with Crippen LogP contribution < -0.4 is 5.32 Å². The maximum atomic E-state index is 12.1. The van der Waals surface area contributed by atoms with Crippen LogP contribution in [-0.4, -0.2) is 23.5 Å². The van der Waals surface area contributed by atoms with Gasteiger partial charge in [0, 0.05) is 6.42 Å². The summed E-state index contributed by atoms with van der Waals surface area (Å²) in [5.74, 6) is -0.839. The van der Waals surface area contributed by atoms with E-state index in [1.807, 2.05) is 30.3 Å². The highest BCUT2D eigenvalue weighted by atomic mass is 16.6. The molecule has 0 radical (unpaired) electrons. The number of esters is 1. The van der Waals surface area contributed by atoms with E-state index in [1.165, 1.54) is 0 Å². The summed E-state index contributed by atoms with van der Waals surface area (Å²) in [7, 11) is 0. The Morgan fingerprint density at radius 2 is 1.90 bits per heavy atom. The van der Waals surface area contributed by atoms with Crippen LogP contribution in [0.1, 0.15) is 26.3 Å². The van der Waals surface area contributed by atoms with Crippen molar-refractivity contribution in [2.24, 2.45) is 0 Å². The molecule has 4 nitrogen and oxygen atoms in total. The number of rotatable bonds is 5. The second-order valence-electron chi connectivity index (χ2n) is 5.49. The highest BCUT2D eigenvalue weighted by Crippen LogP contribution is 2.11. The Hall–Kier alpha value is -2.10. The van der Waals surface area contributed by atoms with Gasteiger partial charge in [0.25, 0.3) is 0 Å². The van der Waals surface area contributed by atoms with Crippen molar-refractivity contribution >= 4 is 11.9 Å².